The first-order chi connectivity index (χ1) is 17.1. The van der Waals surface area contributed by atoms with Crippen LogP contribution in [0, 0.1) is 0 Å². The molecule has 0 saturated carbocycles. The van der Waals surface area contributed by atoms with Gasteiger partial charge in [-0.1, -0.05) is 83.3 Å². The second-order valence-electron chi connectivity index (χ2n) is 9.44. The van der Waals surface area contributed by atoms with Crippen molar-refractivity contribution in [3.8, 4) is 0 Å². The number of amides is 2. The molecular weight excluding hydrogens is 595 g/mol. The molecule has 8 nitrogen and oxygen atoms in total. The summed E-state index contributed by atoms with van der Waals surface area (Å²) in [6, 6.07) is 17.6. The molecule has 2 aromatic rings. The minimum absolute atomic E-state index is 0.0955. The summed E-state index contributed by atoms with van der Waals surface area (Å²) in [5.41, 5.74) is 1.47. The molecule has 3 atom stereocenters. The van der Waals surface area contributed by atoms with Gasteiger partial charge in [0, 0.05) is 4.43 Å². The van der Waals surface area contributed by atoms with Crippen LogP contribution in [0.5, 0.6) is 0 Å². The smallest absolute Gasteiger partial charge is 0.408 e. The Morgan fingerprint density at radius 3 is 2.14 bits per heavy atom. The standard InChI is InChI=1S/C26H27IN2O6S/c1-26(2,3)35-25(32)28-19-22(30)29-20(18(14-27)15-36(33)23(19)29)24(31)34-21(16-10-6-4-7-11-16)17-12-8-5-9-13-17/h4-13,19,21,23H,14-15H2,1-3H3,(H,28,32)/t19-,23+,36?/m1/s1. The van der Waals surface area contributed by atoms with Crippen molar-refractivity contribution >= 4 is 51.4 Å². The van der Waals surface area contributed by atoms with Crippen LogP contribution in [0.2, 0.25) is 0 Å². The van der Waals surface area contributed by atoms with Gasteiger partial charge in [0.2, 0.25) is 0 Å². The number of alkyl carbamates (subject to hydrolysis) is 1. The largest absolute Gasteiger partial charge is 0.448 e. The molecule has 4 rings (SSSR count). The van der Waals surface area contributed by atoms with Crippen molar-refractivity contribution in [3.63, 3.8) is 0 Å². The number of alkyl halides is 1. The van der Waals surface area contributed by atoms with Crippen LogP contribution in [0.4, 0.5) is 4.79 Å². The molecule has 10 heteroatoms. The maximum Gasteiger partial charge on any atom is 0.408 e. The van der Waals surface area contributed by atoms with Crippen LogP contribution < -0.4 is 5.32 Å². The fourth-order valence-corrected chi connectivity index (χ4v) is 6.81. The van der Waals surface area contributed by atoms with Crippen molar-refractivity contribution in [2.75, 3.05) is 10.2 Å². The van der Waals surface area contributed by atoms with E-state index in [1.54, 1.807) is 20.8 Å². The van der Waals surface area contributed by atoms with Crippen LogP contribution in [0.3, 0.4) is 0 Å². The molecule has 190 valence electrons. The van der Waals surface area contributed by atoms with Crippen molar-refractivity contribution in [3.05, 3.63) is 83.1 Å². The van der Waals surface area contributed by atoms with Gasteiger partial charge in [-0.3, -0.25) is 13.9 Å². The molecule has 1 saturated heterocycles. The molecule has 1 fully saturated rings. The summed E-state index contributed by atoms with van der Waals surface area (Å²) in [6.45, 7) is 5.12. The number of hydrogen-bond acceptors (Lipinski definition) is 6. The van der Waals surface area contributed by atoms with Gasteiger partial charge in [0.05, 0.1) is 16.6 Å². The second-order valence-corrected chi connectivity index (χ2v) is 11.7. The van der Waals surface area contributed by atoms with Gasteiger partial charge in [-0.05, 0) is 37.5 Å². The maximum atomic E-state index is 13.6. The van der Waals surface area contributed by atoms with E-state index in [4.69, 9.17) is 9.47 Å². The average Bonchev–Trinajstić information content (AvgIpc) is 2.85. The maximum absolute atomic E-state index is 13.6. The summed E-state index contributed by atoms with van der Waals surface area (Å²) in [4.78, 5) is 40.2. The number of β-lactam (4-membered cyclic amide) rings is 1. The van der Waals surface area contributed by atoms with Crippen LogP contribution in [-0.4, -0.2) is 54.3 Å². The van der Waals surface area contributed by atoms with Crippen molar-refractivity contribution in [1.82, 2.24) is 10.2 Å². The van der Waals surface area contributed by atoms with Crippen LogP contribution in [0.1, 0.15) is 38.0 Å². The van der Waals surface area contributed by atoms with Crippen LogP contribution >= 0.6 is 22.6 Å². The Kier molecular flexibility index (Phi) is 7.84. The first kappa shape index (κ1) is 26.3. The molecule has 36 heavy (non-hydrogen) atoms. The quantitative estimate of drug-likeness (QED) is 0.228. The van der Waals surface area contributed by atoms with Gasteiger partial charge in [-0.2, -0.15) is 0 Å². The van der Waals surface area contributed by atoms with Crippen molar-refractivity contribution in [2.24, 2.45) is 0 Å². The number of ether oxygens (including phenoxy) is 2. The number of benzene rings is 2. The van der Waals surface area contributed by atoms with E-state index in [0.717, 1.165) is 11.1 Å². The number of nitrogens with one attached hydrogen (secondary N) is 1. The fourth-order valence-electron chi connectivity index (χ4n) is 4.13. The lowest BCUT2D eigenvalue weighted by molar-refractivity contribution is -0.154. The van der Waals surface area contributed by atoms with Gasteiger partial charge in [-0.25, -0.2) is 9.59 Å². The predicted octanol–water partition coefficient (Wildman–Crippen LogP) is 3.83. The van der Waals surface area contributed by atoms with E-state index in [2.05, 4.69) is 27.9 Å². The number of hydrogen-bond donors (Lipinski definition) is 1. The van der Waals surface area contributed by atoms with Gasteiger partial charge in [0.15, 0.2) is 6.10 Å². The highest BCUT2D eigenvalue weighted by Crippen LogP contribution is 2.37. The molecule has 2 heterocycles. The van der Waals surface area contributed by atoms with Crippen molar-refractivity contribution in [2.45, 2.75) is 43.9 Å². The first-order valence-electron chi connectivity index (χ1n) is 11.4. The molecule has 2 aromatic carbocycles. The Morgan fingerprint density at radius 2 is 1.64 bits per heavy atom. The third-order valence-corrected chi connectivity index (χ3v) is 8.24. The number of fused-ring (bicyclic) bond motifs is 1. The van der Waals surface area contributed by atoms with Gasteiger partial charge in [-0.15, -0.1) is 0 Å². The topological polar surface area (TPSA) is 102 Å². The molecule has 0 radical (unpaired) electrons. The molecule has 0 aromatic heterocycles. The summed E-state index contributed by atoms with van der Waals surface area (Å²) < 4.78 is 24.7. The van der Waals surface area contributed by atoms with E-state index in [1.807, 2.05) is 60.7 Å². The van der Waals surface area contributed by atoms with Crippen molar-refractivity contribution < 1.29 is 28.1 Å². The highest BCUT2D eigenvalue weighted by Gasteiger charge is 2.57. The number of carbonyl (C=O) groups excluding carboxylic acids is 3. The highest BCUT2D eigenvalue weighted by atomic mass is 127. The van der Waals surface area contributed by atoms with E-state index < -0.39 is 51.9 Å². The second kappa shape index (κ2) is 10.7. The highest BCUT2D eigenvalue weighted by molar-refractivity contribution is 14.1. The van der Waals surface area contributed by atoms with E-state index >= 15 is 0 Å². The average molecular weight is 622 g/mol. The lowest BCUT2D eigenvalue weighted by atomic mass is 10.0. The molecule has 0 spiro atoms. The van der Waals surface area contributed by atoms with E-state index in [9.17, 15) is 18.6 Å². The normalized spacial score (nSPS) is 21.5. The third-order valence-electron chi connectivity index (χ3n) is 5.66. The molecule has 0 bridgehead atoms. The molecule has 1 unspecified atom stereocenters. The van der Waals surface area contributed by atoms with E-state index in [0.29, 0.717) is 10.0 Å². The van der Waals surface area contributed by atoms with Crippen LogP contribution in [0.25, 0.3) is 0 Å². The Hall–Kier alpha value is -2.73. The minimum atomic E-state index is -1.51. The molecule has 0 aliphatic carbocycles. The molecule has 2 aliphatic rings. The molecule has 1 N–H and O–H groups in total. The first-order valence-corrected chi connectivity index (χ1v) is 14.3. The SMILES string of the molecule is CC(C)(C)OC(=O)N[C@@H]1C(=O)N2C(C(=O)OC(c3ccccc3)c3ccccc3)=C(CI)CS(=O)[C@@H]12. The minimum Gasteiger partial charge on any atom is -0.448 e. The Bertz CT molecular complexity index is 1170. The van der Waals surface area contributed by atoms with Crippen LogP contribution in [0.15, 0.2) is 71.9 Å². The number of carbonyl (C=O) groups is 3. The Balaban J connectivity index is 1.61. The summed E-state index contributed by atoms with van der Waals surface area (Å²) in [5.74, 6) is -1.09. The van der Waals surface area contributed by atoms with Crippen LogP contribution in [-0.2, 0) is 29.9 Å². The van der Waals surface area contributed by atoms with Gasteiger partial charge >= 0.3 is 12.1 Å². The zero-order valence-corrected chi connectivity index (χ0v) is 23.1. The van der Waals surface area contributed by atoms with E-state index in [1.165, 1.54) is 4.90 Å². The lowest BCUT2D eigenvalue weighted by Gasteiger charge is -2.49. The summed E-state index contributed by atoms with van der Waals surface area (Å²) in [7, 11) is -1.51. The number of rotatable bonds is 6. The zero-order chi connectivity index (χ0) is 26.0. The number of halogens is 1. The summed E-state index contributed by atoms with van der Waals surface area (Å²) in [5, 5.41) is 1.65. The van der Waals surface area contributed by atoms with Gasteiger partial charge in [0.1, 0.15) is 22.7 Å². The Labute approximate surface area is 226 Å². The third kappa shape index (κ3) is 5.49. The van der Waals surface area contributed by atoms with Gasteiger partial charge in [0.25, 0.3) is 5.91 Å². The van der Waals surface area contributed by atoms with E-state index in [-0.39, 0.29) is 11.4 Å². The molecule has 2 aliphatic heterocycles. The van der Waals surface area contributed by atoms with Gasteiger partial charge < -0.3 is 14.8 Å². The zero-order valence-electron chi connectivity index (χ0n) is 20.1. The summed E-state index contributed by atoms with van der Waals surface area (Å²) in [6.07, 6.45) is -1.47. The monoisotopic (exact) mass is 622 g/mol. The Morgan fingerprint density at radius 1 is 1.08 bits per heavy atom. The molecular formula is C26H27IN2O6S. The number of esters is 1. The molecule has 2 amide bonds. The summed E-state index contributed by atoms with van der Waals surface area (Å²) >= 11 is 2.08. The lowest BCUT2D eigenvalue weighted by Crippen LogP contribution is -2.73. The predicted molar refractivity (Wildman–Crippen MR) is 144 cm³/mol. The fraction of sp³-hybridized carbons (Fsp3) is 0.346. The number of nitrogens with zero attached hydrogens (tertiary/aromatic N) is 1. The van der Waals surface area contributed by atoms with Crippen molar-refractivity contribution in [1.29, 1.82) is 0 Å².